The Morgan fingerprint density at radius 2 is 2.00 bits per heavy atom. The lowest BCUT2D eigenvalue weighted by Crippen LogP contribution is -2.20. The van der Waals surface area contributed by atoms with Crippen LogP contribution in [0.4, 0.5) is 13.2 Å². The minimum absolute atomic E-state index is 0.190. The van der Waals surface area contributed by atoms with E-state index in [1.54, 1.807) is 13.0 Å². The average Bonchev–Trinajstić information content (AvgIpc) is 2.98. The van der Waals surface area contributed by atoms with Crippen LogP contribution in [0.5, 0.6) is 0 Å². The van der Waals surface area contributed by atoms with Crippen molar-refractivity contribution in [3.05, 3.63) is 35.4 Å². The summed E-state index contributed by atoms with van der Waals surface area (Å²) in [6, 6.07) is 5.38. The zero-order valence-corrected chi connectivity index (χ0v) is 9.59. The highest BCUT2D eigenvalue weighted by molar-refractivity contribution is 5.27. The van der Waals surface area contributed by atoms with E-state index in [1.807, 2.05) is 0 Å². The Balaban J connectivity index is 2.18. The summed E-state index contributed by atoms with van der Waals surface area (Å²) < 4.78 is 37.6. The van der Waals surface area contributed by atoms with Gasteiger partial charge in [0.1, 0.15) is 0 Å². The highest BCUT2D eigenvalue weighted by atomic mass is 19.4. The Bertz CT molecular complexity index is 405. The molecule has 1 aliphatic rings. The number of halogens is 3. The van der Waals surface area contributed by atoms with Crippen LogP contribution in [0.1, 0.15) is 30.9 Å². The van der Waals surface area contributed by atoms with Crippen molar-refractivity contribution in [1.29, 1.82) is 0 Å². The fourth-order valence-corrected chi connectivity index (χ4v) is 2.17. The lowest BCUT2D eigenvalue weighted by atomic mass is 9.91. The topological polar surface area (TPSA) is 20.2 Å². The molecule has 0 saturated heterocycles. The third kappa shape index (κ3) is 2.63. The van der Waals surface area contributed by atoms with Crippen molar-refractivity contribution in [1.82, 2.24) is 0 Å². The van der Waals surface area contributed by atoms with Gasteiger partial charge >= 0.3 is 6.18 Å². The van der Waals surface area contributed by atoms with Crippen LogP contribution in [0.25, 0.3) is 0 Å². The molecule has 0 radical (unpaired) electrons. The summed E-state index contributed by atoms with van der Waals surface area (Å²) in [5, 5.41) is 9.61. The molecule has 0 aliphatic heterocycles. The van der Waals surface area contributed by atoms with Gasteiger partial charge in [0.15, 0.2) is 0 Å². The molecule has 1 unspecified atom stereocenters. The first-order valence-corrected chi connectivity index (χ1v) is 5.68. The molecular weight excluding hydrogens is 229 g/mol. The summed E-state index contributed by atoms with van der Waals surface area (Å²) in [5.74, 6) is 0. The second-order valence-corrected chi connectivity index (χ2v) is 4.91. The third-order valence-corrected chi connectivity index (χ3v) is 3.59. The van der Waals surface area contributed by atoms with Crippen LogP contribution in [0.3, 0.4) is 0 Å². The van der Waals surface area contributed by atoms with Gasteiger partial charge in [0.25, 0.3) is 0 Å². The van der Waals surface area contributed by atoms with Crippen LogP contribution in [0.15, 0.2) is 24.3 Å². The summed E-state index contributed by atoms with van der Waals surface area (Å²) in [5.41, 5.74) is -0.154. The van der Waals surface area contributed by atoms with E-state index in [0.717, 1.165) is 18.9 Å². The van der Waals surface area contributed by atoms with E-state index in [2.05, 4.69) is 0 Å². The normalized spacial score (nSPS) is 20.1. The van der Waals surface area contributed by atoms with Crippen LogP contribution in [-0.2, 0) is 12.6 Å². The molecule has 1 aliphatic carbocycles. The molecule has 94 valence electrons. The van der Waals surface area contributed by atoms with Crippen molar-refractivity contribution >= 4 is 0 Å². The molecule has 1 nitrogen and oxygen atoms in total. The first kappa shape index (κ1) is 12.4. The van der Waals surface area contributed by atoms with Crippen molar-refractivity contribution in [2.75, 3.05) is 0 Å². The molecule has 1 saturated carbocycles. The van der Waals surface area contributed by atoms with Crippen molar-refractivity contribution in [3.8, 4) is 0 Å². The van der Waals surface area contributed by atoms with Crippen molar-refractivity contribution < 1.29 is 18.3 Å². The standard InChI is InChI=1S/C13H15F3O/c1-9(17)12(5-6-12)8-10-3-2-4-11(7-10)13(14,15)16/h2-4,7,9,17H,5-6,8H2,1H3. The summed E-state index contributed by atoms with van der Waals surface area (Å²) >= 11 is 0. The largest absolute Gasteiger partial charge is 0.416 e. The molecule has 0 amide bonds. The Morgan fingerprint density at radius 3 is 2.47 bits per heavy atom. The molecule has 0 aromatic heterocycles. The van der Waals surface area contributed by atoms with Gasteiger partial charge < -0.3 is 5.11 Å². The molecule has 2 rings (SSSR count). The van der Waals surface area contributed by atoms with E-state index < -0.39 is 17.8 Å². The van der Waals surface area contributed by atoms with E-state index in [1.165, 1.54) is 12.1 Å². The number of benzene rings is 1. The maximum absolute atomic E-state index is 12.5. The van der Waals surface area contributed by atoms with Gasteiger partial charge in [-0.3, -0.25) is 0 Å². The Labute approximate surface area is 98.3 Å². The highest BCUT2D eigenvalue weighted by Crippen LogP contribution is 2.51. The molecule has 4 heteroatoms. The molecule has 0 heterocycles. The Hall–Kier alpha value is -1.03. The van der Waals surface area contributed by atoms with Crippen molar-refractivity contribution in [2.45, 2.75) is 38.5 Å². The molecule has 1 atom stereocenters. The van der Waals surface area contributed by atoms with Crippen LogP contribution in [0.2, 0.25) is 0 Å². The molecule has 1 fully saturated rings. The van der Waals surface area contributed by atoms with Crippen LogP contribution in [-0.4, -0.2) is 11.2 Å². The molecule has 1 aromatic rings. The van der Waals surface area contributed by atoms with Gasteiger partial charge in [-0.15, -0.1) is 0 Å². The monoisotopic (exact) mass is 244 g/mol. The van der Waals surface area contributed by atoms with Crippen LogP contribution < -0.4 is 0 Å². The fourth-order valence-electron chi connectivity index (χ4n) is 2.17. The molecule has 1 N–H and O–H groups in total. The van der Waals surface area contributed by atoms with Gasteiger partial charge in [-0.2, -0.15) is 13.2 Å². The number of aliphatic hydroxyl groups excluding tert-OH is 1. The number of rotatable bonds is 3. The predicted molar refractivity (Wildman–Crippen MR) is 58.5 cm³/mol. The molecule has 0 spiro atoms. The van der Waals surface area contributed by atoms with Gasteiger partial charge in [-0.05, 0) is 37.8 Å². The van der Waals surface area contributed by atoms with Gasteiger partial charge in [-0.1, -0.05) is 18.2 Å². The number of alkyl halides is 3. The summed E-state index contributed by atoms with van der Waals surface area (Å²) in [4.78, 5) is 0. The second-order valence-electron chi connectivity index (χ2n) is 4.91. The van der Waals surface area contributed by atoms with Crippen molar-refractivity contribution in [3.63, 3.8) is 0 Å². The maximum atomic E-state index is 12.5. The number of aliphatic hydroxyl groups is 1. The smallest absolute Gasteiger partial charge is 0.393 e. The fraction of sp³-hybridized carbons (Fsp3) is 0.538. The zero-order chi connectivity index (χ0) is 12.7. The summed E-state index contributed by atoms with van der Waals surface area (Å²) in [6.45, 7) is 1.71. The van der Waals surface area contributed by atoms with Gasteiger partial charge in [0.05, 0.1) is 11.7 Å². The minimum Gasteiger partial charge on any atom is -0.393 e. The molecular formula is C13H15F3O. The maximum Gasteiger partial charge on any atom is 0.416 e. The van der Waals surface area contributed by atoms with Crippen LogP contribution in [0, 0.1) is 5.41 Å². The molecule has 0 bridgehead atoms. The Kier molecular flexibility index (Phi) is 2.94. The third-order valence-electron chi connectivity index (χ3n) is 3.59. The van der Waals surface area contributed by atoms with E-state index in [4.69, 9.17) is 0 Å². The number of hydrogen-bond acceptors (Lipinski definition) is 1. The van der Waals surface area contributed by atoms with Crippen molar-refractivity contribution in [2.24, 2.45) is 5.41 Å². The average molecular weight is 244 g/mol. The first-order valence-electron chi connectivity index (χ1n) is 5.68. The highest BCUT2D eigenvalue weighted by Gasteiger charge is 2.46. The first-order chi connectivity index (χ1) is 7.83. The van der Waals surface area contributed by atoms with E-state index in [0.29, 0.717) is 12.0 Å². The molecule has 17 heavy (non-hydrogen) atoms. The summed E-state index contributed by atoms with van der Waals surface area (Å²) in [7, 11) is 0. The zero-order valence-electron chi connectivity index (χ0n) is 9.59. The summed E-state index contributed by atoms with van der Waals surface area (Å²) in [6.07, 6.45) is -2.45. The van der Waals surface area contributed by atoms with Crippen LogP contribution >= 0.6 is 0 Å². The lowest BCUT2D eigenvalue weighted by molar-refractivity contribution is -0.137. The van der Waals surface area contributed by atoms with E-state index >= 15 is 0 Å². The van der Waals surface area contributed by atoms with E-state index in [9.17, 15) is 18.3 Å². The van der Waals surface area contributed by atoms with Gasteiger partial charge in [0.2, 0.25) is 0 Å². The minimum atomic E-state index is -4.29. The SMILES string of the molecule is CC(O)C1(Cc2cccc(C(F)(F)F)c2)CC1. The van der Waals surface area contributed by atoms with E-state index in [-0.39, 0.29) is 5.41 Å². The lowest BCUT2D eigenvalue weighted by Gasteiger charge is -2.19. The molecule has 1 aromatic carbocycles. The Morgan fingerprint density at radius 1 is 1.35 bits per heavy atom. The predicted octanol–water partition coefficient (Wildman–Crippen LogP) is 3.41. The van der Waals surface area contributed by atoms with Gasteiger partial charge in [-0.25, -0.2) is 0 Å². The quantitative estimate of drug-likeness (QED) is 0.863. The number of hydrogen-bond donors (Lipinski definition) is 1. The second kappa shape index (κ2) is 4.02. The van der Waals surface area contributed by atoms with Gasteiger partial charge in [0, 0.05) is 5.41 Å².